The predicted molar refractivity (Wildman–Crippen MR) is 55.7 cm³/mol. The molecule has 4 nitrogen and oxygen atoms in total. The third-order valence-corrected chi connectivity index (χ3v) is 2.32. The van der Waals surface area contributed by atoms with Gasteiger partial charge in [0.05, 0.1) is 6.54 Å². The summed E-state index contributed by atoms with van der Waals surface area (Å²) in [7, 11) is 0. The number of halogens is 1. The second-order valence-electron chi connectivity index (χ2n) is 3.08. The number of aromatic amines is 2. The lowest BCUT2D eigenvalue weighted by Crippen LogP contribution is -2.17. The number of benzene rings is 1. The average Bonchev–Trinajstić information content (AvgIpc) is 2.50. The third-order valence-electron chi connectivity index (χ3n) is 2.00. The number of aromatic nitrogens is 3. The number of nitrogens with one attached hydrogen (secondary N) is 2. The summed E-state index contributed by atoms with van der Waals surface area (Å²) in [5.74, 6) is -0.328. The molecule has 0 aliphatic carbocycles. The van der Waals surface area contributed by atoms with E-state index in [1.54, 1.807) is 12.1 Å². The van der Waals surface area contributed by atoms with Crippen molar-refractivity contribution in [1.29, 1.82) is 0 Å². The maximum atomic E-state index is 12.9. The van der Waals surface area contributed by atoms with E-state index in [9.17, 15) is 9.18 Å². The minimum atomic E-state index is -0.329. The number of rotatable bonds is 2. The van der Waals surface area contributed by atoms with E-state index in [-0.39, 0.29) is 18.1 Å². The Morgan fingerprint density at radius 2 is 2.20 bits per heavy atom. The summed E-state index contributed by atoms with van der Waals surface area (Å²) in [6.45, 7) is 0.259. The number of hydrogen-bond acceptors (Lipinski definition) is 2. The standard InChI is InChI=1S/C9H8FN3OS/c10-7-3-1-2-6(4-7)5-13-8(14)11-12-9(13)15/h1-4H,5H2,(H,11,14)(H,12,15). The van der Waals surface area contributed by atoms with Crippen molar-refractivity contribution in [3.05, 3.63) is 50.9 Å². The second kappa shape index (κ2) is 3.82. The van der Waals surface area contributed by atoms with Gasteiger partial charge in [0.25, 0.3) is 0 Å². The van der Waals surface area contributed by atoms with Crippen LogP contribution in [0.4, 0.5) is 4.39 Å². The Morgan fingerprint density at radius 3 is 2.80 bits per heavy atom. The lowest BCUT2D eigenvalue weighted by Gasteiger charge is -2.00. The van der Waals surface area contributed by atoms with Crippen LogP contribution in [0, 0.1) is 10.6 Å². The fraction of sp³-hybridized carbons (Fsp3) is 0.111. The Balaban J connectivity index is 2.38. The van der Waals surface area contributed by atoms with Gasteiger partial charge in [-0.2, -0.15) is 0 Å². The highest BCUT2D eigenvalue weighted by Gasteiger charge is 2.01. The van der Waals surface area contributed by atoms with E-state index in [0.29, 0.717) is 10.3 Å². The molecular weight excluding hydrogens is 217 g/mol. The van der Waals surface area contributed by atoms with Crippen LogP contribution in [0.25, 0.3) is 0 Å². The number of nitrogens with zero attached hydrogens (tertiary/aromatic N) is 1. The van der Waals surface area contributed by atoms with Gasteiger partial charge in [-0.15, -0.1) is 0 Å². The first-order chi connectivity index (χ1) is 7.16. The monoisotopic (exact) mass is 225 g/mol. The van der Waals surface area contributed by atoms with Crippen LogP contribution in [0.3, 0.4) is 0 Å². The van der Waals surface area contributed by atoms with Crippen molar-refractivity contribution in [2.24, 2.45) is 0 Å². The van der Waals surface area contributed by atoms with Gasteiger partial charge in [-0.05, 0) is 29.9 Å². The van der Waals surface area contributed by atoms with Crippen LogP contribution < -0.4 is 5.69 Å². The summed E-state index contributed by atoms with van der Waals surface area (Å²) in [6.07, 6.45) is 0. The fourth-order valence-electron chi connectivity index (χ4n) is 1.30. The van der Waals surface area contributed by atoms with Gasteiger partial charge in [0.2, 0.25) is 0 Å². The summed E-state index contributed by atoms with van der Waals surface area (Å²) in [6, 6.07) is 6.05. The van der Waals surface area contributed by atoms with Crippen molar-refractivity contribution in [2.45, 2.75) is 6.54 Å². The van der Waals surface area contributed by atoms with Gasteiger partial charge >= 0.3 is 5.69 Å². The minimum absolute atomic E-state index is 0.259. The highest BCUT2D eigenvalue weighted by atomic mass is 32.1. The van der Waals surface area contributed by atoms with Gasteiger partial charge in [0, 0.05) is 0 Å². The molecule has 0 saturated carbocycles. The minimum Gasteiger partial charge on any atom is -0.272 e. The third kappa shape index (κ3) is 2.04. The van der Waals surface area contributed by atoms with Crippen molar-refractivity contribution >= 4 is 12.2 Å². The SMILES string of the molecule is O=c1[nH][nH]c(=S)n1Cc1cccc(F)c1. The van der Waals surface area contributed by atoms with Crippen LogP contribution >= 0.6 is 12.2 Å². The molecule has 2 N–H and O–H groups in total. The van der Waals surface area contributed by atoms with Gasteiger partial charge in [0.15, 0.2) is 4.77 Å². The zero-order chi connectivity index (χ0) is 10.8. The second-order valence-corrected chi connectivity index (χ2v) is 3.46. The van der Waals surface area contributed by atoms with E-state index in [1.165, 1.54) is 16.7 Å². The molecule has 0 fully saturated rings. The lowest BCUT2D eigenvalue weighted by molar-refractivity contribution is 0.622. The summed E-state index contributed by atoms with van der Waals surface area (Å²) < 4.78 is 14.5. The lowest BCUT2D eigenvalue weighted by atomic mass is 10.2. The topological polar surface area (TPSA) is 53.6 Å². The smallest absolute Gasteiger partial charge is 0.272 e. The molecule has 1 aromatic heterocycles. The molecule has 1 aromatic carbocycles. The molecule has 0 bridgehead atoms. The molecule has 2 rings (SSSR count). The summed E-state index contributed by atoms with van der Waals surface area (Å²) in [5, 5.41) is 4.87. The molecule has 0 atom stereocenters. The van der Waals surface area contributed by atoms with Gasteiger partial charge in [-0.3, -0.25) is 9.67 Å². The van der Waals surface area contributed by atoms with Crippen molar-refractivity contribution in [1.82, 2.24) is 14.8 Å². The molecule has 78 valence electrons. The van der Waals surface area contributed by atoms with E-state index in [4.69, 9.17) is 12.2 Å². The van der Waals surface area contributed by atoms with E-state index < -0.39 is 0 Å². The van der Waals surface area contributed by atoms with Crippen LogP contribution in [0.1, 0.15) is 5.56 Å². The molecular formula is C9H8FN3OS. The molecule has 0 aliphatic rings. The van der Waals surface area contributed by atoms with Gasteiger partial charge < -0.3 is 0 Å². The molecule has 0 radical (unpaired) electrons. The molecule has 15 heavy (non-hydrogen) atoms. The highest BCUT2D eigenvalue weighted by Crippen LogP contribution is 2.04. The molecule has 0 saturated heterocycles. The van der Waals surface area contributed by atoms with Crippen molar-refractivity contribution in [2.75, 3.05) is 0 Å². The van der Waals surface area contributed by atoms with E-state index in [2.05, 4.69) is 10.2 Å². The van der Waals surface area contributed by atoms with Crippen molar-refractivity contribution in [3.8, 4) is 0 Å². The molecule has 6 heteroatoms. The molecule has 0 aliphatic heterocycles. The molecule has 0 spiro atoms. The van der Waals surface area contributed by atoms with Crippen LogP contribution in [0.2, 0.25) is 0 Å². The van der Waals surface area contributed by atoms with Crippen LogP contribution in [0.15, 0.2) is 29.1 Å². The summed E-state index contributed by atoms with van der Waals surface area (Å²) in [4.78, 5) is 11.2. The predicted octanol–water partition coefficient (Wildman–Crippen LogP) is 1.42. The Labute approximate surface area is 89.4 Å². The maximum absolute atomic E-state index is 12.9. The quantitative estimate of drug-likeness (QED) is 0.759. The van der Waals surface area contributed by atoms with E-state index >= 15 is 0 Å². The first-order valence-corrected chi connectivity index (χ1v) is 4.69. The average molecular weight is 225 g/mol. The summed E-state index contributed by atoms with van der Waals surface area (Å²) in [5.41, 5.74) is 0.362. The normalized spacial score (nSPS) is 10.5. The van der Waals surface area contributed by atoms with Crippen LogP contribution in [-0.2, 0) is 6.54 Å². The van der Waals surface area contributed by atoms with Crippen LogP contribution in [-0.4, -0.2) is 14.8 Å². The number of H-pyrrole nitrogens is 2. The molecule has 2 aromatic rings. The first-order valence-electron chi connectivity index (χ1n) is 4.29. The Bertz CT molecular complexity index is 556. The molecule has 0 amide bonds. The zero-order valence-corrected chi connectivity index (χ0v) is 8.47. The van der Waals surface area contributed by atoms with E-state index in [1.807, 2.05) is 0 Å². The van der Waals surface area contributed by atoms with Crippen molar-refractivity contribution in [3.63, 3.8) is 0 Å². The molecule has 1 heterocycles. The number of hydrogen-bond donors (Lipinski definition) is 2. The van der Waals surface area contributed by atoms with Crippen LogP contribution in [0.5, 0.6) is 0 Å². The zero-order valence-electron chi connectivity index (χ0n) is 7.66. The maximum Gasteiger partial charge on any atom is 0.342 e. The molecule has 0 unspecified atom stereocenters. The summed E-state index contributed by atoms with van der Waals surface area (Å²) >= 11 is 4.89. The Kier molecular flexibility index (Phi) is 2.51. The van der Waals surface area contributed by atoms with Gasteiger partial charge in [0.1, 0.15) is 5.82 Å². The highest BCUT2D eigenvalue weighted by molar-refractivity contribution is 7.71. The van der Waals surface area contributed by atoms with Gasteiger partial charge in [-0.1, -0.05) is 12.1 Å². The Morgan fingerprint density at radius 1 is 1.40 bits per heavy atom. The van der Waals surface area contributed by atoms with E-state index in [0.717, 1.165) is 0 Å². The first kappa shape index (κ1) is 9.85. The largest absolute Gasteiger partial charge is 0.342 e. The Hall–Kier alpha value is -1.69. The van der Waals surface area contributed by atoms with Gasteiger partial charge in [-0.25, -0.2) is 14.3 Å². The fourth-order valence-corrected chi connectivity index (χ4v) is 1.49. The van der Waals surface area contributed by atoms with Crippen molar-refractivity contribution < 1.29 is 4.39 Å².